The fourth-order valence-electron chi connectivity index (χ4n) is 3.70. The second-order valence-corrected chi connectivity index (χ2v) is 7.37. The number of benzene rings is 2. The third-order valence-electron chi connectivity index (χ3n) is 5.30. The molecule has 1 heterocycles. The lowest BCUT2D eigenvalue weighted by Crippen LogP contribution is -2.29. The van der Waals surface area contributed by atoms with Gasteiger partial charge >= 0.3 is 0 Å². The number of amides is 2. The normalized spacial score (nSPS) is 14.0. The van der Waals surface area contributed by atoms with Gasteiger partial charge in [0.1, 0.15) is 17.7 Å². The molecular weight excluding hydrogens is 404 g/mol. The van der Waals surface area contributed by atoms with Crippen molar-refractivity contribution in [1.29, 1.82) is 10.5 Å². The van der Waals surface area contributed by atoms with Crippen molar-refractivity contribution in [2.45, 2.75) is 25.4 Å². The molecule has 32 heavy (non-hydrogen) atoms. The summed E-state index contributed by atoms with van der Waals surface area (Å²) in [5.41, 5.74) is 4.10. The molecule has 0 fully saturated rings. The van der Waals surface area contributed by atoms with Crippen LogP contribution in [0.25, 0.3) is 0 Å². The number of carbonyl (C=O) groups excluding carboxylic acids is 2. The van der Waals surface area contributed by atoms with E-state index in [9.17, 15) is 9.59 Å². The van der Waals surface area contributed by atoms with Crippen molar-refractivity contribution in [1.82, 2.24) is 20.6 Å². The summed E-state index contributed by atoms with van der Waals surface area (Å²) in [6, 6.07) is 17.7. The Kier molecular flexibility index (Phi) is 5.87. The molecule has 156 valence electrons. The first kappa shape index (κ1) is 20.7. The van der Waals surface area contributed by atoms with Gasteiger partial charge in [-0.15, -0.1) is 0 Å². The standard InChI is InChI=1S/C24H18N6O2/c25-11-15-2-1-3-17(8-15)13-27-23(31)21-10-22(29-14-28-21)24(32)30-20-7-5-18-9-16(12-26)4-6-19(18)20/h1-4,6,8-10,14,20H,5,7,13H2,(H,27,31)(H,30,32)/t20-/m0/s1. The van der Waals surface area contributed by atoms with Crippen LogP contribution in [0.3, 0.4) is 0 Å². The zero-order valence-electron chi connectivity index (χ0n) is 17.0. The summed E-state index contributed by atoms with van der Waals surface area (Å²) < 4.78 is 0. The van der Waals surface area contributed by atoms with Gasteiger partial charge in [-0.25, -0.2) is 9.97 Å². The van der Waals surface area contributed by atoms with E-state index in [1.807, 2.05) is 12.1 Å². The topological polar surface area (TPSA) is 132 Å². The van der Waals surface area contributed by atoms with Gasteiger partial charge in [0.2, 0.25) is 0 Å². The van der Waals surface area contributed by atoms with E-state index >= 15 is 0 Å². The number of nitrogens with zero attached hydrogens (tertiary/aromatic N) is 4. The van der Waals surface area contributed by atoms with E-state index in [1.54, 1.807) is 30.3 Å². The summed E-state index contributed by atoms with van der Waals surface area (Å²) >= 11 is 0. The number of nitrogens with one attached hydrogen (secondary N) is 2. The molecule has 0 saturated heterocycles. The van der Waals surface area contributed by atoms with Crippen LogP contribution in [-0.4, -0.2) is 21.8 Å². The van der Waals surface area contributed by atoms with Crippen LogP contribution >= 0.6 is 0 Å². The minimum atomic E-state index is -0.445. The van der Waals surface area contributed by atoms with E-state index in [0.29, 0.717) is 11.1 Å². The van der Waals surface area contributed by atoms with E-state index in [2.05, 4.69) is 32.7 Å². The summed E-state index contributed by atoms with van der Waals surface area (Å²) in [5, 5.41) is 23.7. The molecule has 3 aromatic rings. The molecule has 0 aliphatic heterocycles. The lowest BCUT2D eigenvalue weighted by atomic mass is 10.1. The van der Waals surface area contributed by atoms with Crippen LogP contribution in [-0.2, 0) is 13.0 Å². The molecule has 1 aromatic heterocycles. The highest BCUT2D eigenvalue weighted by atomic mass is 16.2. The molecule has 0 spiro atoms. The molecule has 0 unspecified atom stereocenters. The number of aromatic nitrogens is 2. The molecule has 4 rings (SSSR count). The van der Waals surface area contributed by atoms with Crippen molar-refractivity contribution in [2.75, 3.05) is 0 Å². The average Bonchev–Trinajstić information content (AvgIpc) is 3.24. The number of aryl methyl sites for hydroxylation is 1. The van der Waals surface area contributed by atoms with E-state index in [-0.39, 0.29) is 24.0 Å². The Hall–Kier alpha value is -4.56. The molecule has 1 atom stereocenters. The van der Waals surface area contributed by atoms with Gasteiger partial charge in [-0.05, 0) is 53.8 Å². The number of fused-ring (bicyclic) bond motifs is 1. The van der Waals surface area contributed by atoms with Gasteiger partial charge in [-0.2, -0.15) is 10.5 Å². The molecule has 8 heteroatoms. The number of nitriles is 2. The predicted octanol–water partition coefficient (Wildman–Crippen LogP) is 2.57. The number of hydrogen-bond acceptors (Lipinski definition) is 6. The Labute approximate surface area is 184 Å². The quantitative estimate of drug-likeness (QED) is 0.650. The van der Waals surface area contributed by atoms with Gasteiger partial charge in [0.05, 0.1) is 29.3 Å². The summed E-state index contributed by atoms with van der Waals surface area (Å²) in [4.78, 5) is 33.2. The summed E-state index contributed by atoms with van der Waals surface area (Å²) in [6.07, 6.45) is 2.69. The molecule has 1 aliphatic rings. The maximum Gasteiger partial charge on any atom is 0.270 e. The molecule has 0 radical (unpaired) electrons. The van der Waals surface area contributed by atoms with Crippen molar-refractivity contribution < 1.29 is 9.59 Å². The molecule has 8 nitrogen and oxygen atoms in total. The lowest BCUT2D eigenvalue weighted by Gasteiger charge is -2.14. The van der Waals surface area contributed by atoms with Crippen LogP contribution in [0.4, 0.5) is 0 Å². The Morgan fingerprint density at radius 3 is 2.50 bits per heavy atom. The number of hydrogen-bond donors (Lipinski definition) is 2. The third kappa shape index (κ3) is 4.45. The fraction of sp³-hybridized carbons (Fsp3) is 0.167. The summed E-state index contributed by atoms with van der Waals surface area (Å²) in [5.74, 6) is -0.843. The Morgan fingerprint density at radius 2 is 1.72 bits per heavy atom. The Bertz CT molecular complexity index is 1290. The Balaban J connectivity index is 1.42. The predicted molar refractivity (Wildman–Crippen MR) is 114 cm³/mol. The van der Waals surface area contributed by atoms with Gasteiger partial charge in [-0.3, -0.25) is 9.59 Å². The maximum atomic E-state index is 12.7. The van der Waals surface area contributed by atoms with Crippen LogP contribution in [0.1, 0.15) is 61.3 Å². The van der Waals surface area contributed by atoms with Crippen molar-refractivity contribution in [2.24, 2.45) is 0 Å². The minimum absolute atomic E-state index is 0.0760. The number of rotatable bonds is 5. The first-order valence-corrected chi connectivity index (χ1v) is 10.0. The van der Waals surface area contributed by atoms with Crippen molar-refractivity contribution >= 4 is 11.8 Å². The smallest absolute Gasteiger partial charge is 0.270 e. The maximum absolute atomic E-state index is 12.7. The monoisotopic (exact) mass is 422 g/mol. The molecule has 2 aromatic carbocycles. The Morgan fingerprint density at radius 1 is 0.969 bits per heavy atom. The van der Waals surface area contributed by atoms with Crippen LogP contribution in [0.15, 0.2) is 54.9 Å². The van der Waals surface area contributed by atoms with Crippen molar-refractivity contribution in [3.8, 4) is 12.1 Å². The highest BCUT2D eigenvalue weighted by molar-refractivity contribution is 5.97. The average molecular weight is 422 g/mol. The highest BCUT2D eigenvalue weighted by Crippen LogP contribution is 2.31. The SMILES string of the molecule is N#Cc1cccc(CNC(=O)c2cc(C(=O)N[C@H]3CCc4cc(C#N)ccc43)ncn2)c1. The van der Waals surface area contributed by atoms with E-state index in [0.717, 1.165) is 29.5 Å². The first-order valence-electron chi connectivity index (χ1n) is 10.0. The fourth-order valence-corrected chi connectivity index (χ4v) is 3.70. The second kappa shape index (κ2) is 9.07. The van der Waals surface area contributed by atoms with Gasteiger partial charge in [0.25, 0.3) is 11.8 Å². The molecule has 2 N–H and O–H groups in total. The van der Waals surface area contributed by atoms with Gasteiger partial charge in [0.15, 0.2) is 0 Å². The minimum Gasteiger partial charge on any atom is -0.347 e. The van der Waals surface area contributed by atoms with E-state index in [4.69, 9.17) is 10.5 Å². The van der Waals surface area contributed by atoms with Crippen LogP contribution in [0.2, 0.25) is 0 Å². The van der Waals surface area contributed by atoms with Gasteiger partial charge < -0.3 is 10.6 Å². The third-order valence-corrected chi connectivity index (χ3v) is 5.30. The largest absolute Gasteiger partial charge is 0.347 e. The van der Waals surface area contributed by atoms with Crippen LogP contribution in [0.5, 0.6) is 0 Å². The first-order chi connectivity index (χ1) is 15.6. The number of carbonyl (C=O) groups is 2. The second-order valence-electron chi connectivity index (χ2n) is 7.37. The van der Waals surface area contributed by atoms with E-state index < -0.39 is 11.8 Å². The highest BCUT2D eigenvalue weighted by Gasteiger charge is 2.25. The van der Waals surface area contributed by atoms with Crippen molar-refractivity contribution in [3.05, 3.63) is 94.1 Å². The molecule has 2 amide bonds. The van der Waals surface area contributed by atoms with Crippen LogP contribution < -0.4 is 10.6 Å². The van der Waals surface area contributed by atoms with Crippen molar-refractivity contribution in [3.63, 3.8) is 0 Å². The molecule has 1 aliphatic carbocycles. The van der Waals surface area contributed by atoms with Gasteiger partial charge in [0, 0.05) is 12.6 Å². The lowest BCUT2D eigenvalue weighted by molar-refractivity contribution is 0.0931. The summed E-state index contributed by atoms with van der Waals surface area (Å²) in [7, 11) is 0. The molecule has 0 bridgehead atoms. The van der Waals surface area contributed by atoms with Gasteiger partial charge in [-0.1, -0.05) is 18.2 Å². The molecule has 0 saturated carbocycles. The van der Waals surface area contributed by atoms with Crippen LogP contribution in [0, 0.1) is 22.7 Å². The molecular formula is C24H18N6O2. The van der Waals surface area contributed by atoms with E-state index in [1.165, 1.54) is 12.4 Å². The summed E-state index contributed by atoms with van der Waals surface area (Å²) in [6.45, 7) is 0.226. The zero-order valence-corrected chi connectivity index (χ0v) is 17.0. The zero-order chi connectivity index (χ0) is 22.5.